The Balaban J connectivity index is 1.95. The highest BCUT2D eigenvalue weighted by Crippen LogP contribution is 2.20. The smallest absolute Gasteiger partial charge is 0.241 e. The highest BCUT2D eigenvalue weighted by atomic mass is 16.5. The molecule has 0 aliphatic heterocycles. The summed E-state index contributed by atoms with van der Waals surface area (Å²) in [6.45, 7) is 3.86. The van der Waals surface area contributed by atoms with E-state index in [2.05, 4.69) is 15.5 Å². The fourth-order valence-electron chi connectivity index (χ4n) is 1.39. The number of hydrogen-bond donors (Lipinski definition) is 1. The number of nitrogens with zero attached hydrogens (tertiary/aromatic N) is 2. The Bertz CT molecular complexity index is 464. The van der Waals surface area contributed by atoms with E-state index in [0.717, 1.165) is 12.1 Å². The Morgan fingerprint density at radius 2 is 2.35 bits per heavy atom. The first kappa shape index (κ1) is 11.8. The summed E-state index contributed by atoms with van der Waals surface area (Å²) in [5, 5.41) is 6.99. The van der Waals surface area contributed by atoms with Gasteiger partial charge in [0.05, 0.1) is 19.4 Å². The molecule has 0 atom stereocenters. The average Bonchev–Trinajstić information content (AvgIpc) is 2.93. The summed E-state index contributed by atoms with van der Waals surface area (Å²) < 4.78 is 15.3. The van der Waals surface area contributed by atoms with Gasteiger partial charge in [0.25, 0.3) is 0 Å². The lowest BCUT2D eigenvalue weighted by Crippen LogP contribution is -2.18. The number of nitrogens with one attached hydrogen (secondary N) is 1. The minimum Gasteiger partial charge on any atom is -0.461 e. The molecule has 6 heteroatoms. The lowest BCUT2D eigenvalue weighted by Gasteiger charge is -1.98. The Hall–Kier alpha value is -1.66. The molecule has 2 aromatic heterocycles. The van der Waals surface area contributed by atoms with Gasteiger partial charge in [0, 0.05) is 13.7 Å². The topological polar surface area (TPSA) is 73.3 Å². The van der Waals surface area contributed by atoms with Crippen LogP contribution in [0.4, 0.5) is 0 Å². The van der Waals surface area contributed by atoms with Crippen LogP contribution in [0.3, 0.4) is 0 Å². The molecule has 0 aliphatic carbocycles. The van der Waals surface area contributed by atoms with Crippen LogP contribution in [-0.4, -0.2) is 30.4 Å². The molecule has 2 heterocycles. The Morgan fingerprint density at radius 1 is 1.47 bits per heavy atom. The lowest BCUT2D eigenvalue weighted by molar-refractivity contribution is 0.197. The monoisotopic (exact) mass is 237 g/mol. The van der Waals surface area contributed by atoms with Crippen molar-refractivity contribution in [3.63, 3.8) is 0 Å². The first-order chi connectivity index (χ1) is 8.31. The quantitative estimate of drug-likeness (QED) is 0.765. The van der Waals surface area contributed by atoms with Crippen LogP contribution in [0.5, 0.6) is 0 Å². The van der Waals surface area contributed by atoms with E-state index in [-0.39, 0.29) is 0 Å². The van der Waals surface area contributed by atoms with Gasteiger partial charge in [-0.3, -0.25) is 0 Å². The van der Waals surface area contributed by atoms with Crippen LogP contribution in [0.2, 0.25) is 0 Å². The summed E-state index contributed by atoms with van der Waals surface area (Å²) in [6, 6.07) is 1.86. The third-order valence-corrected chi connectivity index (χ3v) is 2.29. The predicted octanol–water partition coefficient (Wildman–Crippen LogP) is 1.37. The molecule has 0 aromatic carbocycles. The van der Waals surface area contributed by atoms with Gasteiger partial charge in [-0.15, -0.1) is 0 Å². The van der Waals surface area contributed by atoms with Gasteiger partial charge in [-0.2, -0.15) is 4.98 Å². The van der Waals surface area contributed by atoms with Gasteiger partial charge in [-0.25, -0.2) is 0 Å². The molecule has 6 nitrogen and oxygen atoms in total. The van der Waals surface area contributed by atoms with E-state index in [1.54, 1.807) is 13.4 Å². The van der Waals surface area contributed by atoms with Crippen LogP contribution < -0.4 is 5.32 Å². The molecule has 92 valence electrons. The molecule has 0 saturated heterocycles. The number of furan rings is 1. The first-order valence-electron chi connectivity index (χ1n) is 5.38. The van der Waals surface area contributed by atoms with Gasteiger partial charge in [-0.1, -0.05) is 5.16 Å². The van der Waals surface area contributed by atoms with Gasteiger partial charge >= 0.3 is 0 Å². The number of aromatic nitrogens is 2. The average molecular weight is 237 g/mol. The molecule has 0 amide bonds. The second-order valence-corrected chi connectivity index (χ2v) is 3.61. The van der Waals surface area contributed by atoms with Crippen molar-refractivity contribution < 1.29 is 13.7 Å². The summed E-state index contributed by atoms with van der Waals surface area (Å²) in [5.74, 6) is 1.67. The lowest BCUT2D eigenvalue weighted by atomic mass is 10.3. The maximum Gasteiger partial charge on any atom is 0.241 e. The normalized spacial score (nSPS) is 10.9. The summed E-state index contributed by atoms with van der Waals surface area (Å²) >= 11 is 0. The second kappa shape index (κ2) is 5.60. The number of aryl methyl sites for hydroxylation is 1. The molecule has 2 rings (SSSR count). The van der Waals surface area contributed by atoms with Gasteiger partial charge in [0.15, 0.2) is 5.76 Å². The van der Waals surface area contributed by atoms with Crippen LogP contribution in [0.15, 0.2) is 21.3 Å². The maximum atomic E-state index is 5.28. The molecule has 0 fully saturated rings. The Labute approximate surface area is 99.0 Å². The van der Waals surface area contributed by atoms with E-state index in [4.69, 9.17) is 13.7 Å². The fraction of sp³-hybridized carbons (Fsp3) is 0.455. The third-order valence-electron chi connectivity index (χ3n) is 2.29. The van der Waals surface area contributed by atoms with Gasteiger partial charge in [-0.05, 0) is 18.6 Å². The third kappa shape index (κ3) is 2.92. The Kier molecular flexibility index (Phi) is 3.89. The molecule has 0 aliphatic rings. The van der Waals surface area contributed by atoms with Crippen LogP contribution in [0.1, 0.15) is 11.5 Å². The SMILES string of the molecule is COCCNCc1nc(-c2occc2C)no1. The molecule has 1 N–H and O–H groups in total. The molecule has 0 spiro atoms. The highest BCUT2D eigenvalue weighted by Gasteiger charge is 2.13. The largest absolute Gasteiger partial charge is 0.461 e. The van der Waals surface area contributed by atoms with Gasteiger partial charge in [0.2, 0.25) is 11.7 Å². The predicted molar refractivity (Wildman–Crippen MR) is 60.3 cm³/mol. The van der Waals surface area contributed by atoms with Crippen LogP contribution in [0, 0.1) is 6.92 Å². The molecule has 0 radical (unpaired) electrons. The fourth-order valence-corrected chi connectivity index (χ4v) is 1.39. The summed E-state index contributed by atoms with van der Waals surface area (Å²) in [7, 11) is 1.66. The van der Waals surface area contributed by atoms with E-state index >= 15 is 0 Å². The molecular formula is C11H15N3O3. The van der Waals surface area contributed by atoms with Crippen molar-refractivity contribution in [3.05, 3.63) is 23.8 Å². The van der Waals surface area contributed by atoms with Gasteiger partial charge < -0.3 is 19.0 Å². The zero-order chi connectivity index (χ0) is 12.1. The van der Waals surface area contributed by atoms with Crippen molar-refractivity contribution in [1.29, 1.82) is 0 Å². The van der Waals surface area contributed by atoms with Crippen molar-refractivity contribution in [2.75, 3.05) is 20.3 Å². The van der Waals surface area contributed by atoms with E-state index in [1.807, 2.05) is 13.0 Å². The minimum atomic E-state index is 0.482. The van der Waals surface area contributed by atoms with Gasteiger partial charge in [0.1, 0.15) is 0 Å². The van der Waals surface area contributed by atoms with E-state index in [9.17, 15) is 0 Å². The number of methoxy groups -OCH3 is 1. The summed E-state index contributed by atoms with van der Waals surface area (Å²) in [4.78, 5) is 4.24. The van der Waals surface area contributed by atoms with Crippen LogP contribution >= 0.6 is 0 Å². The number of rotatable bonds is 6. The standard InChI is InChI=1S/C11H15N3O3/c1-8-3-5-16-10(8)11-13-9(17-14-11)7-12-4-6-15-2/h3,5,12H,4,6-7H2,1-2H3. The molecule has 2 aromatic rings. The molecular weight excluding hydrogens is 222 g/mol. The van der Waals surface area contributed by atoms with Crippen LogP contribution in [-0.2, 0) is 11.3 Å². The van der Waals surface area contributed by atoms with Crippen molar-refractivity contribution in [3.8, 4) is 11.6 Å². The van der Waals surface area contributed by atoms with Crippen LogP contribution in [0.25, 0.3) is 11.6 Å². The van der Waals surface area contributed by atoms with E-state index in [1.165, 1.54) is 0 Å². The van der Waals surface area contributed by atoms with Crippen molar-refractivity contribution in [1.82, 2.24) is 15.5 Å². The summed E-state index contributed by atoms with van der Waals surface area (Å²) in [5.41, 5.74) is 0.990. The minimum absolute atomic E-state index is 0.482. The van der Waals surface area contributed by atoms with Crippen molar-refractivity contribution in [2.24, 2.45) is 0 Å². The maximum absolute atomic E-state index is 5.28. The van der Waals surface area contributed by atoms with Crippen molar-refractivity contribution >= 4 is 0 Å². The highest BCUT2D eigenvalue weighted by molar-refractivity contribution is 5.50. The molecule has 0 unspecified atom stereocenters. The molecule has 0 saturated carbocycles. The second-order valence-electron chi connectivity index (χ2n) is 3.61. The zero-order valence-corrected chi connectivity index (χ0v) is 9.90. The zero-order valence-electron chi connectivity index (χ0n) is 9.90. The van der Waals surface area contributed by atoms with Crippen molar-refractivity contribution in [2.45, 2.75) is 13.5 Å². The number of ether oxygens (including phenoxy) is 1. The molecule has 17 heavy (non-hydrogen) atoms. The summed E-state index contributed by atoms with van der Waals surface area (Å²) in [6.07, 6.45) is 1.61. The number of hydrogen-bond acceptors (Lipinski definition) is 6. The first-order valence-corrected chi connectivity index (χ1v) is 5.38. The Morgan fingerprint density at radius 3 is 3.06 bits per heavy atom. The van der Waals surface area contributed by atoms with E-state index in [0.29, 0.717) is 30.6 Å². The molecule has 0 bridgehead atoms. The van der Waals surface area contributed by atoms with E-state index < -0.39 is 0 Å².